The van der Waals surface area contributed by atoms with Crippen LogP contribution in [0.2, 0.25) is 0 Å². The highest BCUT2D eigenvalue weighted by Gasteiger charge is 2.09. The quantitative estimate of drug-likeness (QED) is 0.325. The van der Waals surface area contributed by atoms with Crippen molar-refractivity contribution in [2.45, 2.75) is 65.8 Å². The first-order valence-electron chi connectivity index (χ1n) is 11.8. The van der Waals surface area contributed by atoms with Gasteiger partial charge in [0.15, 0.2) is 11.5 Å². The van der Waals surface area contributed by atoms with Crippen molar-refractivity contribution in [2.24, 2.45) is 5.92 Å². The minimum absolute atomic E-state index is 0.118. The number of nitrogens with one attached hydrogen (secondary N) is 1. The second kappa shape index (κ2) is 14.4. The lowest BCUT2D eigenvalue weighted by Crippen LogP contribution is -2.22. The lowest BCUT2D eigenvalue weighted by atomic mass is 10.1. The molecule has 2 aromatic carbocycles. The summed E-state index contributed by atoms with van der Waals surface area (Å²) < 4.78 is 17.1. The SMILES string of the molecule is CCCCCCCOc1ccc(C(=O)NCc2ccc(OCCC(C)C)c(OC)c2)cc1. The van der Waals surface area contributed by atoms with Gasteiger partial charge < -0.3 is 19.5 Å². The van der Waals surface area contributed by atoms with Gasteiger partial charge in [0.1, 0.15) is 5.75 Å². The van der Waals surface area contributed by atoms with Crippen LogP contribution in [-0.2, 0) is 6.54 Å². The second-order valence-electron chi connectivity index (χ2n) is 8.49. The van der Waals surface area contributed by atoms with Crippen LogP contribution in [0.4, 0.5) is 0 Å². The largest absolute Gasteiger partial charge is 0.494 e. The minimum atomic E-state index is -0.118. The van der Waals surface area contributed by atoms with Crippen molar-refractivity contribution in [3.63, 3.8) is 0 Å². The average molecular weight is 442 g/mol. The highest BCUT2D eigenvalue weighted by atomic mass is 16.5. The van der Waals surface area contributed by atoms with Gasteiger partial charge in [-0.2, -0.15) is 0 Å². The number of ether oxygens (including phenoxy) is 3. The molecule has 0 atom stereocenters. The molecule has 2 aromatic rings. The molecule has 5 nitrogen and oxygen atoms in total. The zero-order chi connectivity index (χ0) is 23.2. The molecule has 176 valence electrons. The van der Waals surface area contributed by atoms with Gasteiger partial charge >= 0.3 is 0 Å². The van der Waals surface area contributed by atoms with Crippen LogP contribution in [0.3, 0.4) is 0 Å². The Morgan fingerprint density at radius 3 is 2.34 bits per heavy atom. The molecule has 1 amide bonds. The zero-order valence-electron chi connectivity index (χ0n) is 20.1. The third kappa shape index (κ3) is 9.21. The first-order valence-corrected chi connectivity index (χ1v) is 11.8. The van der Waals surface area contributed by atoms with Crippen LogP contribution in [0.5, 0.6) is 17.2 Å². The summed E-state index contributed by atoms with van der Waals surface area (Å²) >= 11 is 0. The number of unbranched alkanes of at least 4 members (excludes halogenated alkanes) is 4. The lowest BCUT2D eigenvalue weighted by molar-refractivity contribution is 0.0951. The highest BCUT2D eigenvalue weighted by molar-refractivity contribution is 5.94. The van der Waals surface area contributed by atoms with E-state index in [2.05, 4.69) is 26.1 Å². The molecule has 0 aliphatic heterocycles. The van der Waals surface area contributed by atoms with Gasteiger partial charge in [0.2, 0.25) is 0 Å². The number of hydrogen-bond donors (Lipinski definition) is 1. The average Bonchev–Trinajstić information content (AvgIpc) is 2.80. The molecule has 2 rings (SSSR count). The molecule has 32 heavy (non-hydrogen) atoms. The summed E-state index contributed by atoms with van der Waals surface area (Å²) in [4.78, 5) is 12.5. The Kier molecular flexibility index (Phi) is 11.5. The van der Waals surface area contributed by atoms with E-state index in [0.717, 1.165) is 29.9 Å². The van der Waals surface area contributed by atoms with Gasteiger partial charge in [-0.25, -0.2) is 0 Å². The van der Waals surface area contributed by atoms with Crippen molar-refractivity contribution in [2.75, 3.05) is 20.3 Å². The maximum atomic E-state index is 12.5. The summed E-state index contributed by atoms with van der Waals surface area (Å²) in [7, 11) is 1.63. The summed E-state index contributed by atoms with van der Waals surface area (Å²) in [5, 5.41) is 2.96. The van der Waals surface area contributed by atoms with Crippen molar-refractivity contribution in [1.82, 2.24) is 5.32 Å². The third-order valence-corrected chi connectivity index (χ3v) is 5.27. The standard InChI is InChI=1S/C27H39NO4/c1-5-6-7-8-9-17-31-24-13-11-23(12-14-24)27(29)28-20-22-10-15-25(26(19-22)30-4)32-18-16-21(2)3/h10-15,19,21H,5-9,16-18,20H2,1-4H3,(H,28,29). The summed E-state index contributed by atoms with van der Waals surface area (Å²) in [5.74, 6) is 2.68. The van der Waals surface area contributed by atoms with Gasteiger partial charge in [0.25, 0.3) is 5.91 Å². The summed E-state index contributed by atoms with van der Waals surface area (Å²) in [5.41, 5.74) is 1.57. The van der Waals surface area contributed by atoms with Gasteiger partial charge in [-0.15, -0.1) is 0 Å². The predicted octanol–water partition coefficient (Wildman–Crippen LogP) is 6.40. The molecule has 0 aliphatic rings. The molecule has 0 fully saturated rings. The van der Waals surface area contributed by atoms with Crippen molar-refractivity contribution in [3.8, 4) is 17.2 Å². The number of benzene rings is 2. The normalized spacial score (nSPS) is 10.8. The van der Waals surface area contributed by atoms with E-state index < -0.39 is 0 Å². The molecule has 0 heterocycles. The van der Waals surface area contributed by atoms with E-state index in [1.807, 2.05) is 30.3 Å². The highest BCUT2D eigenvalue weighted by Crippen LogP contribution is 2.28. The van der Waals surface area contributed by atoms with E-state index in [0.29, 0.717) is 37.0 Å². The molecule has 0 aliphatic carbocycles. The van der Waals surface area contributed by atoms with Crippen molar-refractivity contribution in [3.05, 3.63) is 53.6 Å². The van der Waals surface area contributed by atoms with Gasteiger partial charge in [0, 0.05) is 12.1 Å². The van der Waals surface area contributed by atoms with E-state index in [1.165, 1.54) is 25.7 Å². The van der Waals surface area contributed by atoms with Crippen LogP contribution in [0.1, 0.15) is 75.2 Å². The molecule has 5 heteroatoms. The number of amides is 1. The van der Waals surface area contributed by atoms with E-state index in [4.69, 9.17) is 14.2 Å². The number of methoxy groups -OCH3 is 1. The van der Waals surface area contributed by atoms with E-state index in [9.17, 15) is 4.79 Å². The number of carbonyl (C=O) groups excluding carboxylic acids is 1. The number of rotatable bonds is 15. The Labute approximate surface area is 193 Å². The summed E-state index contributed by atoms with van der Waals surface area (Å²) in [6, 6.07) is 13.1. The fourth-order valence-electron chi connectivity index (χ4n) is 3.23. The molecule has 0 saturated heterocycles. The molecule has 0 bridgehead atoms. The monoisotopic (exact) mass is 441 g/mol. The topological polar surface area (TPSA) is 56.8 Å². The van der Waals surface area contributed by atoms with Crippen LogP contribution in [0, 0.1) is 5.92 Å². The van der Waals surface area contributed by atoms with Gasteiger partial charge in [-0.05, 0) is 60.7 Å². The fraction of sp³-hybridized carbons (Fsp3) is 0.519. The Balaban J connectivity index is 1.80. The molecule has 0 radical (unpaired) electrons. The summed E-state index contributed by atoms with van der Waals surface area (Å²) in [6.45, 7) is 8.34. The zero-order valence-corrected chi connectivity index (χ0v) is 20.1. The first kappa shape index (κ1) is 25.6. The minimum Gasteiger partial charge on any atom is -0.494 e. The van der Waals surface area contributed by atoms with Crippen LogP contribution in [0.25, 0.3) is 0 Å². The molecule has 0 unspecified atom stereocenters. The maximum absolute atomic E-state index is 12.5. The third-order valence-electron chi connectivity index (χ3n) is 5.27. The Hall–Kier alpha value is -2.69. The van der Waals surface area contributed by atoms with Crippen molar-refractivity contribution in [1.29, 1.82) is 0 Å². The number of carbonyl (C=O) groups is 1. The van der Waals surface area contributed by atoms with Gasteiger partial charge in [-0.3, -0.25) is 4.79 Å². The smallest absolute Gasteiger partial charge is 0.251 e. The molecule has 0 aromatic heterocycles. The number of hydrogen-bond acceptors (Lipinski definition) is 4. The van der Waals surface area contributed by atoms with Crippen molar-refractivity contribution < 1.29 is 19.0 Å². The Bertz CT molecular complexity index is 802. The van der Waals surface area contributed by atoms with E-state index in [1.54, 1.807) is 19.2 Å². The molecule has 0 spiro atoms. The summed E-state index contributed by atoms with van der Waals surface area (Å²) in [6.07, 6.45) is 7.04. The van der Waals surface area contributed by atoms with Crippen LogP contribution in [0.15, 0.2) is 42.5 Å². The molecular formula is C27H39NO4. The second-order valence-corrected chi connectivity index (χ2v) is 8.49. The fourth-order valence-corrected chi connectivity index (χ4v) is 3.23. The van der Waals surface area contributed by atoms with E-state index in [-0.39, 0.29) is 5.91 Å². The van der Waals surface area contributed by atoms with Gasteiger partial charge in [0.05, 0.1) is 20.3 Å². The molecular weight excluding hydrogens is 402 g/mol. The first-order chi connectivity index (χ1) is 15.5. The predicted molar refractivity (Wildman–Crippen MR) is 130 cm³/mol. The van der Waals surface area contributed by atoms with E-state index >= 15 is 0 Å². The Morgan fingerprint density at radius 1 is 0.906 bits per heavy atom. The van der Waals surface area contributed by atoms with Crippen molar-refractivity contribution >= 4 is 5.91 Å². The maximum Gasteiger partial charge on any atom is 0.251 e. The van der Waals surface area contributed by atoms with Gasteiger partial charge in [-0.1, -0.05) is 52.5 Å². The molecule has 0 saturated carbocycles. The Morgan fingerprint density at radius 2 is 1.66 bits per heavy atom. The van der Waals surface area contributed by atoms with Crippen LogP contribution < -0.4 is 19.5 Å². The van der Waals surface area contributed by atoms with Crippen LogP contribution >= 0.6 is 0 Å². The molecule has 1 N–H and O–H groups in total. The lowest BCUT2D eigenvalue weighted by Gasteiger charge is -2.13. The van der Waals surface area contributed by atoms with Crippen LogP contribution in [-0.4, -0.2) is 26.2 Å².